The van der Waals surface area contributed by atoms with Gasteiger partial charge in [-0.1, -0.05) is 6.42 Å². The lowest BCUT2D eigenvalue weighted by Crippen LogP contribution is -2.35. The normalized spacial score (nSPS) is 26.1. The van der Waals surface area contributed by atoms with Gasteiger partial charge in [0.05, 0.1) is 11.7 Å². The van der Waals surface area contributed by atoms with Gasteiger partial charge >= 0.3 is 0 Å². The Labute approximate surface area is 103 Å². The second-order valence-electron chi connectivity index (χ2n) is 5.54. The smallest absolute Gasteiger partial charge is 0.115 e. The van der Waals surface area contributed by atoms with Gasteiger partial charge in [0.1, 0.15) is 6.33 Å². The molecule has 0 spiro atoms. The Morgan fingerprint density at radius 1 is 1.29 bits per heavy atom. The van der Waals surface area contributed by atoms with Crippen LogP contribution in [0, 0.1) is 12.8 Å². The molecule has 3 heteroatoms. The molecule has 1 unspecified atom stereocenters. The molecule has 0 amide bonds. The number of aromatic nitrogens is 2. The Kier molecular flexibility index (Phi) is 3.10. The summed E-state index contributed by atoms with van der Waals surface area (Å²) in [4.78, 5) is 11.3. The second kappa shape index (κ2) is 4.73. The molecule has 1 saturated carbocycles. The van der Waals surface area contributed by atoms with E-state index in [1.165, 1.54) is 56.5 Å². The minimum atomic E-state index is 0.548. The van der Waals surface area contributed by atoms with E-state index in [-0.39, 0.29) is 0 Å². The second-order valence-corrected chi connectivity index (χ2v) is 5.54. The number of piperidine rings is 1. The van der Waals surface area contributed by atoms with Gasteiger partial charge in [-0.25, -0.2) is 9.97 Å². The molecule has 0 N–H and O–H groups in total. The molecule has 0 aromatic carbocycles. The number of aryl methyl sites for hydroxylation is 1. The molecule has 92 valence electrons. The molecule has 0 bridgehead atoms. The largest absolute Gasteiger partial charge is 0.294 e. The van der Waals surface area contributed by atoms with Crippen molar-refractivity contribution < 1.29 is 0 Å². The van der Waals surface area contributed by atoms with Crippen LogP contribution < -0.4 is 0 Å². The molecule has 1 aliphatic heterocycles. The zero-order valence-corrected chi connectivity index (χ0v) is 10.6. The molecule has 1 aromatic heterocycles. The quantitative estimate of drug-likeness (QED) is 0.801. The predicted molar refractivity (Wildman–Crippen MR) is 67.7 cm³/mol. The van der Waals surface area contributed by atoms with E-state index in [1.54, 1.807) is 6.33 Å². The highest BCUT2D eigenvalue weighted by atomic mass is 15.2. The van der Waals surface area contributed by atoms with Crippen molar-refractivity contribution in [3.05, 3.63) is 23.8 Å². The lowest BCUT2D eigenvalue weighted by Gasteiger charge is -2.36. The highest BCUT2D eigenvalue weighted by molar-refractivity contribution is 5.18. The summed E-state index contributed by atoms with van der Waals surface area (Å²) in [6, 6.07) is 0.548. The van der Waals surface area contributed by atoms with Crippen molar-refractivity contribution in [1.82, 2.24) is 14.9 Å². The van der Waals surface area contributed by atoms with Crippen molar-refractivity contribution in [1.29, 1.82) is 0 Å². The molecule has 17 heavy (non-hydrogen) atoms. The first-order valence-electron chi connectivity index (χ1n) is 6.85. The van der Waals surface area contributed by atoms with Gasteiger partial charge in [-0.2, -0.15) is 0 Å². The lowest BCUT2D eigenvalue weighted by atomic mass is 9.96. The molecular formula is C14H21N3. The van der Waals surface area contributed by atoms with E-state index in [0.717, 1.165) is 5.92 Å². The van der Waals surface area contributed by atoms with Crippen LogP contribution in [0.4, 0.5) is 0 Å². The van der Waals surface area contributed by atoms with Crippen LogP contribution in [0.25, 0.3) is 0 Å². The summed E-state index contributed by atoms with van der Waals surface area (Å²) in [6.07, 6.45) is 10.5. The number of hydrogen-bond donors (Lipinski definition) is 0. The summed E-state index contributed by atoms with van der Waals surface area (Å²) in [7, 11) is 0. The Morgan fingerprint density at radius 2 is 2.18 bits per heavy atom. The topological polar surface area (TPSA) is 29.0 Å². The van der Waals surface area contributed by atoms with E-state index < -0.39 is 0 Å². The third-order valence-corrected chi connectivity index (χ3v) is 4.05. The fourth-order valence-electron chi connectivity index (χ4n) is 2.91. The summed E-state index contributed by atoms with van der Waals surface area (Å²) >= 11 is 0. The van der Waals surface area contributed by atoms with Gasteiger partial charge in [-0.15, -0.1) is 0 Å². The fraction of sp³-hybridized carbons (Fsp3) is 0.714. The molecule has 3 rings (SSSR count). The molecule has 1 atom stereocenters. The fourth-order valence-corrected chi connectivity index (χ4v) is 2.91. The maximum absolute atomic E-state index is 4.53. The average molecular weight is 231 g/mol. The first kappa shape index (κ1) is 11.1. The van der Waals surface area contributed by atoms with Gasteiger partial charge in [0, 0.05) is 12.7 Å². The molecule has 0 radical (unpaired) electrons. The highest BCUT2D eigenvalue weighted by Crippen LogP contribution is 2.36. The van der Waals surface area contributed by atoms with Crippen LogP contribution in [0.1, 0.15) is 49.4 Å². The van der Waals surface area contributed by atoms with Crippen molar-refractivity contribution in [2.45, 2.75) is 45.1 Å². The van der Waals surface area contributed by atoms with Crippen LogP contribution in [-0.2, 0) is 0 Å². The van der Waals surface area contributed by atoms with Crippen LogP contribution in [0.2, 0.25) is 0 Å². The van der Waals surface area contributed by atoms with Gasteiger partial charge in [0.2, 0.25) is 0 Å². The van der Waals surface area contributed by atoms with E-state index in [9.17, 15) is 0 Å². The third-order valence-electron chi connectivity index (χ3n) is 4.05. The zero-order chi connectivity index (χ0) is 11.7. The van der Waals surface area contributed by atoms with Crippen LogP contribution in [0.3, 0.4) is 0 Å². The number of nitrogens with zero attached hydrogens (tertiary/aromatic N) is 3. The molecule has 2 fully saturated rings. The molecule has 1 aromatic rings. The summed E-state index contributed by atoms with van der Waals surface area (Å²) < 4.78 is 0. The van der Waals surface area contributed by atoms with Crippen molar-refractivity contribution >= 4 is 0 Å². The van der Waals surface area contributed by atoms with Crippen LogP contribution in [0.15, 0.2) is 12.5 Å². The Balaban J connectivity index is 1.80. The van der Waals surface area contributed by atoms with E-state index in [2.05, 4.69) is 21.8 Å². The van der Waals surface area contributed by atoms with Crippen LogP contribution in [-0.4, -0.2) is 28.0 Å². The zero-order valence-electron chi connectivity index (χ0n) is 10.6. The van der Waals surface area contributed by atoms with E-state index in [4.69, 9.17) is 0 Å². The highest BCUT2D eigenvalue weighted by Gasteiger charge is 2.31. The van der Waals surface area contributed by atoms with Gasteiger partial charge < -0.3 is 0 Å². The minimum absolute atomic E-state index is 0.548. The van der Waals surface area contributed by atoms with E-state index in [1.807, 2.05) is 6.20 Å². The molecule has 2 aliphatic rings. The minimum Gasteiger partial charge on any atom is -0.294 e. The Bertz CT molecular complexity index is 387. The van der Waals surface area contributed by atoms with Crippen molar-refractivity contribution in [2.75, 3.05) is 13.1 Å². The SMILES string of the molecule is Cc1cncnc1C1CCCCN1CC1CC1. The average Bonchev–Trinajstić information content (AvgIpc) is 3.15. The van der Waals surface area contributed by atoms with Gasteiger partial charge in [0.25, 0.3) is 0 Å². The van der Waals surface area contributed by atoms with E-state index >= 15 is 0 Å². The summed E-state index contributed by atoms with van der Waals surface area (Å²) in [5.41, 5.74) is 2.51. The number of hydrogen-bond acceptors (Lipinski definition) is 3. The predicted octanol–water partition coefficient (Wildman–Crippen LogP) is 2.72. The monoisotopic (exact) mass is 231 g/mol. The summed E-state index contributed by atoms with van der Waals surface area (Å²) in [5, 5.41) is 0. The maximum Gasteiger partial charge on any atom is 0.115 e. The van der Waals surface area contributed by atoms with Gasteiger partial charge in [-0.3, -0.25) is 4.90 Å². The van der Waals surface area contributed by atoms with Crippen molar-refractivity contribution in [3.63, 3.8) is 0 Å². The van der Waals surface area contributed by atoms with Crippen LogP contribution in [0.5, 0.6) is 0 Å². The maximum atomic E-state index is 4.53. The third kappa shape index (κ3) is 2.49. The van der Waals surface area contributed by atoms with Crippen molar-refractivity contribution in [3.8, 4) is 0 Å². The molecule has 3 nitrogen and oxygen atoms in total. The van der Waals surface area contributed by atoms with Gasteiger partial charge in [-0.05, 0) is 50.6 Å². The van der Waals surface area contributed by atoms with Gasteiger partial charge in [0.15, 0.2) is 0 Å². The first-order chi connectivity index (χ1) is 8.34. The summed E-state index contributed by atoms with van der Waals surface area (Å²) in [6.45, 7) is 4.68. The molecule has 1 saturated heterocycles. The first-order valence-corrected chi connectivity index (χ1v) is 6.85. The molecule has 2 heterocycles. The standard InChI is InChI=1S/C14H21N3/c1-11-8-15-10-16-14(11)13-4-2-3-7-17(13)9-12-5-6-12/h8,10,12-13H,2-7,9H2,1H3. The number of likely N-dealkylation sites (tertiary alicyclic amines) is 1. The Hall–Kier alpha value is -0.960. The molecular weight excluding hydrogens is 210 g/mol. The Morgan fingerprint density at radius 3 is 2.94 bits per heavy atom. The van der Waals surface area contributed by atoms with Crippen LogP contribution >= 0.6 is 0 Å². The summed E-state index contributed by atoms with van der Waals surface area (Å²) in [5.74, 6) is 0.970. The van der Waals surface area contributed by atoms with Crippen molar-refractivity contribution in [2.24, 2.45) is 5.92 Å². The molecule has 1 aliphatic carbocycles. The van der Waals surface area contributed by atoms with E-state index in [0.29, 0.717) is 6.04 Å². The lowest BCUT2D eigenvalue weighted by molar-refractivity contribution is 0.138. The number of rotatable bonds is 3.